The van der Waals surface area contributed by atoms with Gasteiger partial charge in [0.05, 0.1) is 27.8 Å². The molecule has 0 spiro atoms. The first-order valence-corrected chi connectivity index (χ1v) is 12.4. The van der Waals surface area contributed by atoms with Crippen molar-refractivity contribution in [2.24, 2.45) is 0 Å². The Kier molecular flexibility index (Phi) is 8.44. The summed E-state index contributed by atoms with van der Waals surface area (Å²) >= 11 is 0. The van der Waals surface area contributed by atoms with Crippen LogP contribution in [0.25, 0.3) is 0 Å². The summed E-state index contributed by atoms with van der Waals surface area (Å²) in [6.45, 7) is -0.380. The highest BCUT2D eigenvalue weighted by atomic mass is 32.2. The lowest BCUT2D eigenvalue weighted by Crippen LogP contribution is -2.48. The summed E-state index contributed by atoms with van der Waals surface area (Å²) in [5.41, 5.74) is -5.05. The van der Waals surface area contributed by atoms with Crippen molar-refractivity contribution in [1.82, 2.24) is 0 Å². The lowest BCUT2D eigenvalue weighted by molar-refractivity contribution is -0.147. The van der Waals surface area contributed by atoms with Gasteiger partial charge in [-0.15, -0.1) is 0 Å². The molecule has 190 valence electrons. The largest absolute Gasteiger partial charge is 0.471 e. The number of hydrogen-bond donors (Lipinski definition) is 3. The Morgan fingerprint density at radius 1 is 1.17 bits per heavy atom. The molecule has 0 aliphatic heterocycles. The van der Waals surface area contributed by atoms with E-state index in [4.69, 9.17) is 19.8 Å². The second kappa shape index (κ2) is 10.4. The molecule has 16 heteroatoms. The number of hydrogen-bond acceptors (Lipinski definition) is 7. The predicted octanol–water partition coefficient (Wildman–Crippen LogP) is 2.97. The minimum atomic E-state index is -5.10. The summed E-state index contributed by atoms with van der Waals surface area (Å²) < 4.78 is 98.4. The molecule has 0 heterocycles. The van der Waals surface area contributed by atoms with Crippen molar-refractivity contribution < 1.29 is 54.4 Å². The van der Waals surface area contributed by atoms with E-state index in [9.17, 15) is 35.3 Å². The summed E-state index contributed by atoms with van der Waals surface area (Å²) in [5, 5.41) is 10.9. The SMILES string of the molecule is C[C@](CS(=O)(=O)c1ccc(F)cc1)(OCOP(=O)(O)O)C(=O)Nc1ccc(C#N)c(C(F)(F)F)c1. The van der Waals surface area contributed by atoms with Gasteiger partial charge in [0.15, 0.2) is 22.2 Å². The normalized spacial score (nSPS) is 14.1. The number of halogens is 4. The first-order valence-electron chi connectivity index (χ1n) is 9.22. The van der Waals surface area contributed by atoms with Crippen molar-refractivity contribution in [1.29, 1.82) is 5.26 Å². The second-order valence-corrected chi connectivity index (χ2v) is 10.4. The number of sulfone groups is 1. The molecule has 2 rings (SSSR count). The first-order chi connectivity index (χ1) is 16.0. The van der Waals surface area contributed by atoms with E-state index >= 15 is 0 Å². The molecular weight excluding hydrogens is 523 g/mol. The summed E-state index contributed by atoms with van der Waals surface area (Å²) in [6, 6.07) is 6.98. The Hall–Kier alpha value is -2.86. The van der Waals surface area contributed by atoms with Gasteiger partial charge in [0.2, 0.25) is 0 Å². The van der Waals surface area contributed by atoms with Crippen molar-refractivity contribution in [2.45, 2.75) is 23.6 Å². The fourth-order valence-electron chi connectivity index (χ4n) is 2.70. The van der Waals surface area contributed by atoms with Crippen molar-refractivity contribution in [3.05, 3.63) is 59.4 Å². The lowest BCUT2D eigenvalue weighted by atomic mass is 10.1. The maximum Gasteiger partial charge on any atom is 0.471 e. The van der Waals surface area contributed by atoms with Gasteiger partial charge in [0, 0.05) is 5.69 Å². The number of amides is 1. The predicted molar refractivity (Wildman–Crippen MR) is 111 cm³/mol. The van der Waals surface area contributed by atoms with Gasteiger partial charge in [0.25, 0.3) is 5.91 Å². The van der Waals surface area contributed by atoms with Gasteiger partial charge < -0.3 is 19.8 Å². The zero-order valence-corrected chi connectivity index (χ0v) is 19.3. The molecular formula is C19H17F4N2O8PS. The molecule has 1 amide bonds. The van der Waals surface area contributed by atoms with Crippen molar-refractivity contribution in [3.8, 4) is 6.07 Å². The summed E-state index contributed by atoms with van der Waals surface area (Å²) in [4.78, 5) is 30.1. The van der Waals surface area contributed by atoms with Crippen LogP contribution in [0.3, 0.4) is 0 Å². The molecule has 2 aromatic rings. The average molecular weight is 540 g/mol. The zero-order valence-electron chi connectivity index (χ0n) is 17.6. The van der Waals surface area contributed by atoms with E-state index in [0.29, 0.717) is 6.07 Å². The molecule has 10 nitrogen and oxygen atoms in total. The van der Waals surface area contributed by atoms with Gasteiger partial charge in [0.1, 0.15) is 5.82 Å². The number of benzene rings is 2. The first kappa shape index (κ1) is 28.4. The molecule has 0 bridgehead atoms. The number of nitriles is 1. The van der Waals surface area contributed by atoms with Crippen LogP contribution in [0.4, 0.5) is 23.2 Å². The Bertz CT molecular complexity index is 1290. The van der Waals surface area contributed by atoms with Crippen LogP contribution in [-0.4, -0.2) is 42.3 Å². The van der Waals surface area contributed by atoms with Gasteiger partial charge in [-0.3, -0.25) is 9.32 Å². The van der Waals surface area contributed by atoms with Crippen LogP contribution in [0.2, 0.25) is 0 Å². The van der Waals surface area contributed by atoms with Crippen LogP contribution in [-0.2, 0) is 34.6 Å². The fourth-order valence-corrected chi connectivity index (χ4v) is 4.55. The maximum atomic E-state index is 13.2. The third-order valence-electron chi connectivity index (χ3n) is 4.42. The van der Waals surface area contributed by atoms with Crippen molar-refractivity contribution in [3.63, 3.8) is 0 Å². The highest BCUT2D eigenvalue weighted by Crippen LogP contribution is 2.37. The molecule has 0 saturated carbocycles. The monoisotopic (exact) mass is 540 g/mol. The van der Waals surface area contributed by atoms with Crippen molar-refractivity contribution >= 4 is 29.3 Å². The van der Waals surface area contributed by atoms with Crippen LogP contribution < -0.4 is 5.32 Å². The average Bonchev–Trinajstić information content (AvgIpc) is 2.72. The summed E-state index contributed by atoms with van der Waals surface area (Å²) in [7, 11) is -9.51. The van der Waals surface area contributed by atoms with E-state index in [1.165, 1.54) is 6.07 Å². The quantitative estimate of drug-likeness (QED) is 0.188. The minimum Gasteiger partial charge on any atom is -0.338 e. The van der Waals surface area contributed by atoms with E-state index in [-0.39, 0.29) is 0 Å². The van der Waals surface area contributed by atoms with E-state index < -0.39 is 75.4 Å². The van der Waals surface area contributed by atoms with Crippen LogP contribution in [0.5, 0.6) is 0 Å². The van der Waals surface area contributed by atoms with Crippen LogP contribution in [0.15, 0.2) is 47.4 Å². The molecule has 2 aromatic carbocycles. The third kappa shape index (κ3) is 7.82. The van der Waals surface area contributed by atoms with Crippen LogP contribution in [0.1, 0.15) is 18.1 Å². The topological polar surface area (TPSA) is 163 Å². The van der Waals surface area contributed by atoms with Gasteiger partial charge in [-0.05, 0) is 49.4 Å². The molecule has 3 N–H and O–H groups in total. The van der Waals surface area contributed by atoms with E-state index in [1.807, 2.05) is 5.32 Å². The molecule has 1 atom stereocenters. The third-order valence-corrected chi connectivity index (χ3v) is 6.78. The maximum absolute atomic E-state index is 13.2. The van der Waals surface area contributed by atoms with Gasteiger partial charge in [-0.2, -0.15) is 18.4 Å². The standard InChI is InChI=1S/C19H17F4N2O8PS/c1-18(32-11-33-34(27,28)29,10-35(30,31)15-6-3-13(20)4-7-15)17(26)25-14-5-2-12(9-24)16(8-14)19(21,22)23/h2-8H,10-11H2,1H3,(H,25,26)(H2,27,28,29)/t18-/m1/s1. The molecule has 0 aromatic heterocycles. The molecule has 0 saturated heterocycles. The number of rotatable bonds is 9. The summed E-state index contributed by atoms with van der Waals surface area (Å²) in [5.74, 6) is -3.25. The Morgan fingerprint density at radius 3 is 2.29 bits per heavy atom. The number of nitrogens with one attached hydrogen (secondary N) is 1. The number of phosphoric ester groups is 1. The van der Waals surface area contributed by atoms with E-state index in [0.717, 1.165) is 43.3 Å². The number of nitrogens with zero attached hydrogens (tertiary/aromatic N) is 1. The van der Waals surface area contributed by atoms with E-state index in [2.05, 4.69) is 4.52 Å². The molecule has 0 fully saturated rings. The molecule has 0 aliphatic carbocycles. The van der Waals surface area contributed by atoms with Crippen molar-refractivity contribution in [2.75, 3.05) is 17.9 Å². The van der Waals surface area contributed by atoms with Crippen LogP contribution in [0, 0.1) is 17.1 Å². The van der Waals surface area contributed by atoms with E-state index in [1.54, 1.807) is 0 Å². The number of anilines is 1. The number of carbonyl (C=O) groups is 1. The highest BCUT2D eigenvalue weighted by molar-refractivity contribution is 7.91. The second-order valence-electron chi connectivity index (χ2n) is 7.15. The molecule has 0 aliphatic rings. The van der Waals surface area contributed by atoms with Gasteiger partial charge >= 0.3 is 14.0 Å². The smallest absolute Gasteiger partial charge is 0.338 e. The number of alkyl halides is 3. The minimum absolute atomic E-state index is 0.435. The molecule has 0 unspecified atom stereocenters. The Labute approximate surface area is 196 Å². The molecule has 35 heavy (non-hydrogen) atoms. The summed E-state index contributed by atoms with van der Waals surface area (Å²) in [6.07, 6.45) is -4.95. The lowest BCUT2D eigenvalue weighted by Gasteiger charge is -2.28. The van der Waals surface area contributed by atoms with Gasteiger partial charge in [-0.25, -0.2) is 17.4 Å². The molecule has 0 radical (unpaired) electrons. The highest BCUT2D eigenvalue weighted by Gasteiger charge is 2.41. The fraction of sp³-hybridized carbons (Fsp3) is 0.263. The number of phosphoric acid groups is 1. The van der Waals surface area contributed by atoms with Crippen LogP contribution >= 0.6 is 7.82 Å². The zero-order chi connectivity index (χ0) is 26.7. The Balaban J connectivity index is 2.41. The Morgan fingerprint density at radius 2 is 1.77 bits per heavy atom. The number of ether oxygens (including phenoxy) is 1. The number of carbonyl (C=O) groups excluding carboxylic acids is 1. The van der Waals surface area contributed by atoms with Gasteiger partial charge in [-0.1, -0.05) is 0 Å².